The van der Waals surface area contributed by atoms with Gasteiger partial charge in [0.25, 0.3) is 0 Å². The van der Waals surface area contributed by atoms with Gasteiger partial charge in [0, 0.05) is 20.3 Å². The molecule has 1 aromatic rings. The Morgan fingerprint density at radius 2 is 2.33 bits per heavy atom. The maximum Gasteiger partial charge on any atom is 0.126 e. The molecular formula is C9H12N2O. The van der Waals surface area contributed by atoms with Gasteiger partial charge in [0.1, 0.15) is 5.76 Å². The average molecular weight is 164 g/mol. The molecule has 0 spiro atoms. The third-order valence-corrected chi connectivity index (χ3v) is 1.19. The Morgan fingerprint density at radius 3 is 2.92 bits per heavy atom. The Bertz CT molecular complexity index is 260. The van der Waals surface area contributed by atoms with E-state index in [1.807, 2.05) is 38.4 Å². The van der Waals surface area contributed by atoms with E-state index in [9.17, 15) is 0 Å². The number of hydrogen-bond donors (Lipinski definition) is 0. The molecule has 0 N–H and O–H groups in total. The van der Waals surface area contributed by atoms with Crippen molar-refractivity contribution in [3.63, 3.8) is 0 Å². The Hall–Kier alpha value is -1.51. The van der Waals surface area contributed by atoms with Crippen LogP contribution in [0, 0.1) is 0 Å². The summed E-state index contributed by atoms with van der Waals surface area (Å²) in [5.41, 5.74) is 0. The van der Waals surface area contributed by atoms with E-state index in [1.54, 1.807) is 17.5 Å². The van der Waals surface area contributed by atoms with Crippen LogP contribution in [0.4, 0.5) is 0 Å². The smallest absolute Gasteiger partial charge is 0.126 e. The molecule has 1 heterocycles. The van der Waals surface area contributed by atoms with Gasteiger partial charge in [0.2, 0.25) is 0 Å². The zero-order valence-electron chi connectivity index (χ0n) is 7.27. The minimum Gasteiger partial charge on any atom is -0.465 e. The molecule has 0 aromatic carbocycles. The molecule has 1 aromatic heterocycles. The highest BCUT2D eigenvalue weighted by Gasteiger charge is 1.83. The van der Waals surface area contributed by atoms with Crippen molar-refractivity contribution >= 4 is 12.3 Å². The van der Waals surface area contributed by atoms with Crippen molar-refractivity contribution in [1.82, 2.24) is 5.01 Å². The van der Waals surface area contributed by atoms with E-state index in [2.05, 4.69) is 5.10 Å². The number of hydrazone groups is 1. The van der Waals surface area contributed by atoms with E-state index in [0.717, 1.165) is 5.76 Å². The van der Waals surface area contributed by atoms with Crippen LogP contribution < -0.4 is 0 Å². The van der Waals surface area contributed by atoms with E-state index < -0.39 is 0 Å². The largest absolute Gasteiger partial charge is 0.465 e. The number of hydrogen-bond acceptors (Lipinski definition) is 3. The minimum atomic E-state index is 0.834. The predicted molar refractivity (Wildman–Crippen MR) is 49.9 cm³/mol. The molecule has 12 heavy (non-hydrogen) atoms. The summed E-state index contributed by atoms with van der Waals surface area (Å²) in [5, 5.41) is 5.73. The van der Waals surface area contributed by atoms with Crippen molar-refractivity contribution in [2.24, 2.45) is 5.10 Å². The van der Waals surface area contributed by atoms with Gasteiger partial charge in [-0.3, -0.25) is 0 Å². The lowest BCUT2D eigenvalue weighted by atomic mass is 10.4. The van der Waals surface area contributed by atoms with E-state index in [1.165, 1.54) is 0 Å². The van der Waals surface area contributed by atoms with Gasteiger partial charge in [0.15, 0.2) is 0 Å². The zero-order chi connectivity index (χ0) is 8.81. The monoisotopic (exact) mass is 164 g/mol. The van der Waals surface area contributed by atoms with E-state index in [4.69, 9.17) is 4.42 Å². The van der Waals surface area contributed by atoms with Crippen molar-refractivity contribution in [3.05, 3.63) is 30.2 Å². The third-order valence-electron chi connectivity index (χ3n) is 1.19. The predicted octanol–water partition coefficient (Wildman–Crippen LogP) is 1.84. The summed E-state index contributed by atoms with van der Waals surface area (Å²) in [6.07, 6.45) is 7.04. The Kier molecular flexibility index (Phi) is 3.14. The molecule has 64 valence electrons. The maximum absolute atomic E-state index is 5.08. The lowest BCUT2D eigenvalue weighted by Gasteiger charge is -1.99. The zero-order valence-corrected chi connectivity index (χ0v) is 7.27. The first-order chi connectivity index (χ1) is 5.79. The van der Waals surface area contributed by atoms with Crippen LogP contribution in [0.5, 0.6) is 0 Å². The van der Waals surface area contributed by atoms with Crippen LogP contribution in [-0.4, -0.2) is 25.3 Å². The molecule has 1 rings (SSSR count). The van der Waals surface area contributed by atoms with Crippen molar-refractivity contribution in [1.29, 1.82) is 0 Å². The Morgan fingerprint density at radius 1 is 1.50 bits per heavy atom. The van der Waals surface area contributed by atoms with Gasteiger partial charge >= 0.3 is 0 Å². The molecule has 0 radical (unpaired) electrons. The molecule has 0 unspecified atom stereocenters. The molecule has 0 aliphatic heterocycles. The van der Waals surface area contributed by atoms with Gasteiger partial charge in [-0.15, -0.1) is 0 Å². The third kappa shape index (κ3) is 3.05. The summed E-state index contributed by atoms with van der Waals surface area (Å²) in [4.78, 5) is 0. The molecule has 0 aliphatic carbocycles. The van der Waals surface area contributed by atoms with E-state index >= 15 is 0 Å². The first kappa shape index (κ1) is 8.59. The van der Waals surface area contributed by atoms with Crippen molar-refractivity contribution < 1.29 is 4.42 Å². The fraction of sp³-hybridized carbons (Fsp3) is 0.222. The minimum absolute atomic E-state index is 0.834. The normalized spacial score (nSPS) is 11.5. The molecule has 0 bridgehead atoms. The quantitative estimate of drug-likeness (QED) is 0.503. The molecule has 0 amide bonds. The second kappa shape index (κ2) is 4.38. The molecule has 0 saturated heterocycles. The summed E-state index contributed by atoms with van der Waals surface area (Å²) >= 11 is 0. The summed E-state index contributed by atoms with van der Waals surface area (Å²) < 4.78 is 5.08. The molecule has 3 nitrogen and oxygen atoms in total. The van der Waals surface area contributed by atoms with Crippen LogP contribution in [0.2, 0.25) is 0 Å². The fourth-order valence-corrected chi connectivity index (χ4v) is 0.696. The second-order valence-corrected chi connectivity index (χ2v) is 2.49. The van der Waals surface area contributed by atoms with Gasteiger partial charge in [-0.2, -0.15) is 5.10 Å². The SMILES string of the molecule is CN(C)/N=C/C=C/c1ccco1. The lowest BCUT2D eigenvalue weighted by molar-refractivity contribution is 0.440. The highest BCUT2D eigenvalue weighted by atomic mass is 16.3. The van der Waals surface area contributed by atoms with Crippen molar-refractivity contribution in [2.45, 2.75) is 0 Å². The molecule has 0 aliphatic rings. The van der Waals surface area contributed by atoms with Gasteiger partial charge in [-0.25, -0.2) is 0 Å². The van der Waals surface area contributed by atoms with Crippen molar-refractivity contribution in [2.75, 3.05) is 14.1 Å². The van der Waals surface area contributed by atoms with Crippen LogP contribution in [0.15, 0.2) is 34.0 Å². The topological polar surface area (TPSA) is 28.7 Å². The molecule has 0 atom stereocenters. The maximum atomic E-state index is 5.08. The molecule has 3 heteroatoms. The second-order valence-electron chi connectivity index (χ2n) is 2.49. The van der Waals surface area contributed by atoms with Gasteiger partial charge < -0.3 is 9.43 Å². The summed E-state index contributed by atoms with van der Waals surface area (Å²) in [5.74, 6) is 0.834. The molecule has 0 saturated carbocycles. The lowest BCUT2D eigenvalue weighted by Crippen LogP contribution is -2.00. The van der Waals surface area contributed by atoms with Crippen LogP contribution in [-0.2, 0) is 0 Å². The van der Waals surface area contributed by atoms with E-state index in [-0.39, 0.29) is 0 Å². The van der Waals surface area contributed by atoms with Gasteiger partial charge in [0.05, 0.1) is 6.26 Å². The number of rotatable bonds is 3. The Balaban J connectivity index is 2.42. The average Bonchev–Trinajstić information content (AvgIpc) is 2.49. The van der Waals surface area contributed by atoms with E-state index in [0.29, 0.717) is 0 Å². The van der Waals surface area contributed by atoms with Crippen LogP contribution >= 0.6 is 0 Å². The Labute approximate surface area is 72.0 Å². The number of nitrogens with zero attached hydrogens (tertiary/aromatic N) is 2. The standard InChI is InChI=1S/C9H12N2O/c1-11(2)10-7-3-5-9-6-4-8-12-9/h3-8H,1-2H3/b5-3+,10-7+. The van der Waals surface area contributed by atoms with Gasteiger partial charge in [-0.05, 0) is 24.3 Å². The number of furan rings is 1. The van der Waals surface area contributed by atoms with Crippen LogP contribution in [0.25, 0.3) is 6.08 Å². The summed E-state index contributed by atoms with van der Waals surface area (Å²) in [6, 6.07) is 3.74. The van der Waals surface area contributed by atoms with Crippen molar-refractivity contribution in [3.8, 4) is 0 Å². The summed E-state index contributed by atoms with van der Waals surface area (Å²) in [6.45, 7) is 0. The fourth-order valence-electron chi connectivity index (χ4n) is 0.696. The number of allylic oxidation sites excluding steroid dienone is 1. The highest BCUT2D eigenvalue weighted by Crippen LogP contribution is 2.00. The van der Waals surface area contributed by atoms with Crippen LogP contribution in [0.3, 0.4) is 0 Å². The first-order valence-electron chi connectivity index (χ1n) is 3.70. The first-order valence-corrected chi connectivity index (χ1v) is 3.70. The summed E-state index contributed by atoms with van der Waals surface area (Å²) in [7, 11) is 3.74. The highest BCUT2D eigenvalue weighted by molar-refractivity contribution is 5.77. The van der Waals surface area contributed by atoms with Crippen LogP contribution in [0.1, 0.15) is 5.76 Å². The van der Waals surface area contributed by atoms with Gasteiger partial charge in [-0.1, -0.05) is 0 Å². The molecule has 0 fully saturated rings. The molecular weight excluding hydrogens is 152 g/mol.